The second-order valence-electron chi connectivity index (χ2n) is 10.7. The zero-order valence-corrected chi connectivity index (χ0v) is 27.3. The Bertz CT molecular complexity index is 1990. The van der Waals surface area contributed by atoms with Crippen molar-refractivity contribution in [3.8, 4) is 28.8 Å². The van der Waals surface area contributed by atoms with Crippen molar-refractivity contribution in [2.75, 3.05) is 31.1 Å². The number of aromatic nitrogens is 3. The van der Waals surface area contributed by atoms with Crippen LogP contribution < -0.4 is 10.5 Å². The van der Waals surface area contributed by atoms with E-state index in [4.69, 9.17) is 51.4 Å². The van der Waals surface area contributed by atoms with E-state index < -0.39 is 37.8 Å². The summed E-state index contributed by atoms with van der Waals surface area (Å²) in [5.41, 5.74) is 0.395. The highest BCUT2D eigenvalue weighted by Crippen LogP contribution is 2.48. The molecule has 5 rings (SSSR count). The number of nitriles is 1. The molecule has 1 amide bonds. The van der Waals surface area contributed by atoms with Crippen LogP contribution in [0.15, 0.2) is 35.8 Å². The number of amides is 1. The fourth-order valence-corrected chi connectivity index (χ4v) is 6.40. The first-order chi connectivity index (χ1) is 21.3. The minimum Gasteiger partial charge on any atom is -0.505 e. The monoisotopic (exact) mass is 688 g/mol. The van der Waals surface area contributed by atoms with Gasteiger partial charge in [-0.3, -0.25) is 19.1 Å². The summed E-state index contributed by atoms with van der Waals surface area (Å²) in [6.07, 6.45) is 2.85. The third-order valence-corrected chi connectivity index (χ3v) is 9.15. The number of piperazine rings is 1. The van der Waals surface area contributed by atoms with Gasteiger partial charge in [0.1, 0.15) is 22.3 Å². The smallest absolute Gasteiger partial charge is 0.276 e. The van der Waals surface area contributed by atoms with Crippen molar-refractivity contribution in [3.63, 3.8) is 0 Å². The molecule has 0 unspecified atom stereocenters. The third kappa shape index (κ3) is 5.38. The number of nitrogens with zero attached hydrogens (tertiary/aromatic N) is 6. The number of aryl methyl sites for hydroxylation is 1. The molecule has 0 saturated carbocycles. The molecule has 4 aromatic rings. The maximum absolute atomic E-state index is 15.6. The van der Waals surface area contributed by atoms with Crippen LogP contribution in [-0.4, -0.2) is 56.6 Å². The number of hydrogen-bond acceptors (Lipinski definition) is 7. The summed E-state index contributed by atoms with van der Waals surface area (Å²) >= 11 is 25.2. The molecule has 1 aliphatic heterocycles. The van der Waals surface area contributed by atoms with Gasteiger partial charge in [-0.2, -0.15) is 5.26 Å². The van der Waals surface area contributed by atoms with Crippen LogP contribution >= 0.6 is 46.4 Å². The minimum absolute atomic E-state index is 0.0250. The maximum atomic E-state index is 15.6. The standard InChI is InChI=1S/C31H25Cl4FN6O3/c1-5-19(43)40-8-10-41(11-9-40)28-16-12-18(32)26(20-21(33)29(44)23(35)22(34)24(20)36)39-30(16)42(31(45)17(28)13-37)27-15(4)6-7-38-25(27)14(2)3/h5-7,12,14,44H,1,8-11H2,2-4H3. The van der Waals surface area contributed by atoms with Crippen LogP contribution in [0.4, 0.5) is 10.1 Å². The summed E-state index contributed by atoms with van der Waals surface area (Å²) in [4.78, 5) is 39.3. The summed E-state index contributed by atoms with van der Waals surface area (Å²) in [5, 5.41) is 19.5. The first kappa shape index (κ1) is 32.5. The van der Waals surface area contributed by atoms with E-state index in [9.17, 15) is 20.0 Å². The Balaban J connectivity index is 1.93. The first-order valence-corrected chi connectivity index (χ1v) is 15.2. The second-order valence-corrected chi connectivity index (χ2v) is 12.2. The molecule has 45 heavy (non-hydrogen) atoms. The molecule has 1 aromatic carbocycles. The van der Waals surface area contributed by atoms with Gasteiger partial charge in [0.25, 0.3) is 5.56 Å². The van der Waals surface area contributed by atoms with Gasteiger partial charge >= 0.3 is 0 Å². The number of phenolic OH excluding ortho intramolecular Hbond substituents is 1. The van der Waals surface area contributed by atoms with Crippen molar-refractivity contribution in [2.24, 2.45) is 0 Å². The van der Waals surface area contributed by atoms with E-state index in [-0.39, 0.29) is 52.5 Å². The fourth-order valence-electron chi connectivity index (χ4n) is 5.47. The summed E-state index contributed by atoms with van der Waals surface area (Å²) < 4.78 is 16.9. The zero-order valence-electron chi connectivity index (χ0n) is 24.3. The van der Waals surface area contributed by atoms with Gasteiger partial charge in [0.15, 0.2) is 11.6 Å². The maximum Gasteiger partial charge on any atom is 0.276 e. The molecular formula is C31H25Cl4FN6O3. The van der Waals surface area contributed by atoms with E-state index in [0.29, 0.717) is 35.4 Å². The van der Waals surface area contributed by atoms with Gasteiger partial charge in [-0.1, -0.05) is 66.8 Å². The van der Waals surface area contributed by atoms with E-state index in [2.05, 4.69) is 17.6 Å². The zero-order chi connectivity index (χ0) is 32.9. The van der Waals surface area contributed by atoms with Crippen LogP contribution in [0, 0.1) is 24.1 Å². The number of aromatic hydroxyl groups is 1. The van der Waals surface area contributed by atoms with Crippen LogP contribution in [0.2, 0.25) is 20.1 Å². The molecule has 14 heteroatoms. The molecule has 1 saturated heterocycles. The molecule has 1 fully saturated rings. The quantitative estimate of drug-likeness (QED) is 0.136. The summed E-state index contributed by atoms with van der Waals surface area (Å²) in [6.45, 7) is 10.3. The Kier molecular flexibility index (Phi) is 9.02. The number of carbonyl (C=O) groups excluding carboxylic acids is 1. The molecule has 1 aliphatic rings. The Labute approximate surface area is 277 Å². The van der Waals surface area contributed by atoms with E-state index in [0.717, 1.165) is 0 Å². The number of phenols is 1. The highest BCUT2D eigenvalue weighted by atomic mass is 35.5. The van der Waals surface area contributed by atoms with Crippen molar-refractivity contribution >= 4 is 69.0 Å². The topological polar surface area (TPSA) is 115 Å². The van der Waals surface area contributed by atoms with Crippen LogP contribution in [-0.2, 0) is 4.79 Å². The molecule has 0 spiro atoms. The summed E-state index contributed by atoms with van der Waals surface area (Å²) in [7, 11) is 0. The van der Waals surface area contributed by atoms with Gasteiger partial charge in [0.2, 0.25) is 5.91 Å². The molecule has 4 heterocycles. The molecule has 0 aliphatic carbocycles. The normalized spacial score (nSPS) is 13.4. The van der Waals surface area contributed by atoms with E-state index in [1.54, 1.807) is 24.1 Å². The number of pyridine rings is 3. The lowest BCUT2D eigenvalue weighted by Crippen LogP contribution is -2.49. The first-order valence-electron chi connectivity index (χ1n) is 13.7. The number of rotatable bonds is 5. The highest BCUT2D eigenvalue weighted by molar-refractivity contribution is 6.46. The van der Waals surface area contributed by atoms with E-state index in [1.807, 2.05) is 18.7 Å². The Hall–Kier alpha value is -3.88. The lowest BCUT2D eigenvalue weighted by Gasteiger charge is -2.36. The minimum atomic E-state index is -1.08. The number of hydrogen-bond donors (Lipinski definition) is 1. The summed E-state index contributed by atoms with van der Waals surface area (Å²) in [6, 6.07) is 5.26. The van der Waals surface area contributed by atoms with Crippen LogP contribution in [0.25, 0.3) is 28.0 Å². The van der Waals surface area contributed by atoms with Gasteiger partial charge < -0.3 is 14.9 Å². The molecule has 3 aromatic heterocycles. The molecule has 0 atom stereocenters. The van der Waals surface area contributed by atoms with Gasteiger partial charge in [-0.25, -0.2) is 9.37 Å². The van der Waals surface area contributed by atoms with Crippen molar-refractivity contribution in [3.05, 3.63) is 84.1 Å². The number of halogens is 5. The Morgan fingerprint density at radius 1 is 1.13 bits per heavy atom. The third-order valence-electron chi connectivity index (χ3n) is 7.67. The van der Waals surface area contributed by atoms with Gasteiger partial charge in [-0.15, -0.1) is 0 Å². The lowest BCUT2D eigenvalue weighted by molar-refractivity contribution is -0.126. The fraction of sp³-hybridized carbons (Fsp3) is 0.258. The van der Waals surface area contributed by atoms with Crippen molar-refractivity contribution in [2.45, 2.75) is 26.7 Å². The number of carbonyl (C=O) groups is 1. The van der Waals surface area contributed by atoms with Crippen molar-refractivity contribution in [1.82, 2.24) is 19.4 Å². The van der Waals surface area contributed by atoms with Gasteiger partial charge in [-0.05, 0) is 36.6 Å². The average Bonchev–Trinajstić information content (AvgIpc) is 3.02. The predicted octanol–water partition coefficient (Wildman–Crippen LogP) is 7.04. The lowest BCUT2D eigenvalue weighted by atomic mass is 10.0. The Morgan fingerprint density at radius 3 is 2.40 bits per heavy atom. The van der Waals surface area contributed by atoms with Crippen LogP contribution in [0.1, 0.15) is 36.6 Å². The van der Waals surface area contributed by atoms with E-state index >= 15 is 4.39 Å². The van der Waals surface area contributed by atoms with Crippen LogP contribution in [0.5, 0.6) is 5.75 Å². The molecule has 1 N–H and O–H groups in total. The van der Waals surface area contributed by atoms with E-state index in [1.165, 1.54) is 16.7 Å². The number of benzene rings is 1. The number of anilines is 1. The molecule has 0 radical (unpaired) electrons. The van der Waals surface area contributed by atoms with Gasteiger partial charge in [0, 0.05) is 37.8 Å². The molecular weight excluding hydrogens is 665 g/mol. The molecule has 9 nitrogen and oxygen atoms in total. The van der Waals surface area contributed by atoms with Crippen molar-refractivity contribution in [1.29, 1.82) is 5.26 Å². The summed E-state index contributed by atoms with van der Waals surface area (Å²) in [5.74, 6) is -2.13. The second kappa shape index (κ2) is 12.5. The molecule has 0 bridgehead atoms. The largest absolute Gasteiger partial charge is 0.505 e. The number of fused-ring (bicyclic) bond motifs is 1. The highest BCUT2D eigenvalue weighted by Gasteiger charge is 2.31. The SMILES string of the molecule is C=CC(=O)N1CCN(c2c(C#N)c(=O)n(-c3c(C)ccnc3C(C)C)c3nc(-c4c(F)c(Cl)c(Cl)c(O)c4Cl)c(Cl)cc23)CC1. The Morgan fingerprint density at radius 2 is 1.80 bits per heavy atom. The average molecular weight is 690 g/mol. The molecule has 232 valence electrons. The van der Waals surface area contributed by atoms with Crippen LogP contribution in [0.3, 0.4) is 0 Å². The van der Waals surface area contributed by atoms with Gasteiger partial charge in [0.05, 0.1) is 43.4 Å². The van der Waals surface area contributed by atoms with Crippen molar-refractivity contribution < 1.29 is 14.3 Å². The predicted molar refractivity (Wildman–Crippen MR) is 175 cm³/mol.